The molecule has 2 heterocycles. The van der Waals surface area contributed by atoms with E-state index in [1.165, 1.54) is 9.13 Å². The van der Waals surface area contributed by atoms with Crippen molar-refractivity contribution in [3.8, 4) is 5.75 Å². The summed E-state index contributed by atoms with van der Waals surface area (Å²) >= 11 is 3.93. The second-order valence-electron chi connectivity index (χ2n) is 6.98. The molecule has 1 aromatic carbocycles. The van der Waals surface area contributed by atoms with Crippen LogP contribution in [0.5, 0.6) is 5.75 Å². The molecule has 0 saturated heterocycles. The van der Waals surface area contributed by atoms with E-state index >= 15 is 0 Å². The Kier molecular flexibility index (Phi) is 5.74. The Labute approximate surface area is 166 Å². The average molecular weight is 464 g/mol. The molecule has 0 fully saturated rings. The summed E-state index contributed by atoms with van der Waals surface area (Å²) in [5, 5.41) is 2.92. The number of nitrogens with zero attached hydrogens (tertiary/aromatic N) is 2. The van der Waals surface area contributed by atoms with E-state index in [0.29, 0.717) is 6.61 Å². The van der Waals surface area contributed by atoms with E-state index in [9.17, 15) is 0 Å². The fraction of sp³-hybridized carbons (Fsp3) is 0.300. The predicted molar refractivity (Wildman–Crippen MR) is 111 cm³/mol. The number of ether oxygens (including phenoxy) is 1. The van der Waals surface area contributed by atoms with Crippen molar-refractivity contribution in [2.24, 2.45) is 5.41 Å². The van der Waals surface area contributed by atoms with Gasteiger partial charge in [-0.2, -0.15) is 0 Å². The Bertz CT molecular complexity index is 793. The minimum atomic E-state index is 0.0725. The first-order chi connectivity index (χ1) is 11.9. The summed E-state index contributed by atoms with van der Waals surface area (Å²) in [5.41, 5.74) is 2.43. The van der Waals surface area contributed by atoms with Gasteiger partial charge in [-0.1, -0.05) is 32.9 Å². The van der Waals surface area contributed by atoms with Crippen LogP contribution < -0.4 is 4.74 Å². The van der Waals surface area contributed by atoms with E-state index in [4.69, 9.17) is 9.72 Å². The highest BCUT2D eigenvalue weighted by atomic mass is 127. The summed E-state index contributed by atoms with van der Waals surface area (Å²) in [4.78, 5) is 8.93. The second-order valence-corrected chi connectivity index (χ2v) is 9.21. The van der Waals surface area contributed by atoms with Gasteiger partial charge < -0.3 is 4.74 Å². The molecular formula is C20H21IN2OS. The maximum absolute atomic E-state index is 5.78. The first-order valence-corrected chi connectivity index (χ1v) is 10.1. The molecule has 0 spiro atoms. The van der Waals surface area contributed by atoms with Crippen molar-refractivity contribution in [2.45, 2.75) is 33.3 Å². The summed E-state index contributed by atoms with van der Waals surface area (Å²) in [6.07, 6.45) is 3.61. The van der Waals surface area contributed by atoms with Gasteiger partial charge in [-0.05, 0) is 57.8 Å². The van der Waals surface area contributed by atoms with E-state index in [-0.39, 0.29) is 11.3 Å². The molecule has 0 aliphatic heterocycles. The number of hydrogen-bond acceptors (Lipinski definition) is 4. The minimum Gasteiger partial charge on any atom is -0.485 e. The largest absolute Gasteiger partial charge is 0.485 e. The second kappa shape index (κ2) is 7.83. The van der Waals surface area contributed by atoms with Gasteiger partial charge in [0.1, 0.15) is 17.4 Å². The van der Waals surface area contributed by atoms with Crippen LogP contribution in [0.25, 0.3) is 0 Å². The number of hydrogen-bond donors (Lipinski definition) is 0. The van der Waals surface area contributed by atoms with E-state index in [2.05, 4.69) is 78.7 Å². The van der Waals surface area contributed by atoms with Crippen LogP contribution in [-0.4, -0.2) is 9.97 Å². The monoisotopic (exact) mass is 464 g/mol. The molecule has 130 valence electrons. The molecule has 2 aromatic heterocycles. The van der Waals surface area contributed by atoms with Crippen LogP contribution in [0.1, 0.15) is 43.0 Å². The van der Waals surface area contributed by atoms with Crippen LogP contribution in [0.3, 0.4) is 0 Å². The van der Waals surface area contributed by atoms with E-state index in [1.807, 2.05) is 17.6 Å². The number of aromatic nitrogens is 2. The zero-order valence-electron chi connectivity index (χ0n) is 14.6. The molecule has 0 aliphatic rings. The van der Waals surface area contributed by atoms with Crippen LogP contribution >= 0.6 is 33.9 Å². The molecule has 1 atom stereocenters. The zero-order valence-corrected chi connectivity index (χ0v) is 17.5. The van der Waals surface area contributed by atoms with Gasteiger partial charge in [0.05, 0.1) is 6.20 Å². The van der Waals surface area contributed by atoms with E-state index in [1.54, 1.807) is 17.5 Å². The number of pyridine rings is 1. The Morgan fingerprint density at radius 3 is 2.40 bits per heavy atom. The lowest BCUT2D eigenvalue weighted by Crippen LogP contribution is -2.20. The molecule has 1 unspecified atom stereocenters. The molecule has 0 amide bonds. The molecule has 0 aliphatic carbocycles. The number of thiazole rings is 1. The van der Waals surface area contributed by atoms with Crippen LogP contribution in [0, 0.1) is 8.99 Å². The smallest absolute Gasteiger partial charge is 0.140 e. The first kappa shape index (κ1) is 18.3. The van der Waals surface area contributed by atoms with Crippen molar-refractivity contribution in [1.82, 2.24) is 9.97 Å². The molecule has 0 radical (unpaired) electrons. The third kappa shape index (κ3) is 4.79. The van der Waals surface area contributed by atoms with Gasteiger partial charge in [-0.3, -0.25) is 4.98 Å². The summed E-state index contributed by atoms with van der Waals surface area (Å²) in [5.74, 6) is 1.01. The Balaban J connectivity index is 1.80. The van der Waals surface area contributed by atoms with Crippen LogP contribution in [0.4, 0.5) is 0 Å². The standard InChI is InChI=1S/C20H21IN2OS/c1-20(2,3)19(14-4-6-15(21)7-5-14)17-9-8-16(12-23-17)24-13-18-22-10-11-25-18/h4-12,19H,13H2,1-3H3. The summed E-state index contributed by atoms with van der Waals surface area (Å²) in [7, 11) is 0. The van der Waals surface area contributed by atoms with E-state index < -0.39 is 0 Å². The lowest BCUT2D eigenvalue weighted by Gasteiger charge is -2.31. The van der Waals surface area contributed by atoms with Gasteiger partial charge >= 0.3 is 0 Å². The van der Waals surface area contributed by atoms with Crippen LogP contribution in [0.15, 0.2) is 54.2 Å². The Morgan fingerprint density at radius 2 is 1.84 bits per heavy atom. The number of halogens is 1. The van der Waals surface area contributed by atoms with Crippen molar-refractivity contribution in [3.05, 3.63) is 74.0 Å². The minimum absolute atomic E-state index is 0.0725. The van der Waals surface area contributed by atoms with Gasteiger partial charge in [0, 0.05) is 26.8 Å². The molecule has 0 N–H and O–H groups in total. The van der Waals surface area contributed by atoms with Gasteiger partial charge in [-0.25, -0.2) is 4.98 Å². The van der Waals surface area contributed by atoms with Crippen molar-refractivity contribution in [3.63, 3.8) is 0 Å². The molecule has 5 heteroatoms. The predicted octanol–water partition coefficient (Wildman–Crippen LogP) is 5.90. The Morgan fingerprint density at radius 1 is 1.08 bits per heavy atom. The van der Waals surface area contributed by atoms with Crippen LogP contribution in [-0.2, 0) is 6.61 Å². The number of rotatable bonds is 5. The third-order valence-corrected chi connectivity index (χ3v) is 5.44. The third-order valence-electron chi connectivity index (χ3n) is 3.97. The average Bonchev–Trinajstić information content (AvgIpc) is 3.08. The molecule has 0 saturated carbocycles. The van der Waals surface area contributed by atoms with Crippen molar-refractivity contribution >= 4 is 33.9 Å². The van der Waals surface area contributed by atoms with Gasteiger partial charge in [0.25, 0.3) is 0 Å². The van der Waals surface area contributed by atoms with Crippen molar-refractivity contribution in [1.29, 1.82) is 0 Å². The van der Waals surface area contributed by atoms with Crippen molar-refractivity contribution < 1.29 is 4.74 Å². The summed E-state index contributed by atoms with van der Waals surface area (Å²) in [6, 6.07) is 12.8. The molecule has 3 aromatic rings. The van der Waals surface area contributed by atoms with Crippen molar-refractivity contribution in [2.75, 3.05) is 0 Å². The molecule has 3 nitrogen and oxygen atoms in total. The van der Waals surface area contributed by atoms with E-state index in [0.717, 1.165) is 16.5 Å². The quantitative estimate of drug-likeness (QED) is 0.441. The highest BCUT2D eigenvalue weighted by Gasteiger charge is 2.29. The van der Waals surface area contributed by atoms with Crippen LogP contribution in [0.2, 0.25) is 0 Å². The zero-order chi connectivity index (χ0) is 17.9. The fourth-order valence-corrected chi connectivity index (χ4v) is 3.77. The first-order valence-electron chi connectivity index (χ1n) is 8.16. The topological polar surface area (TPSA) is 35.0 Å². The fourth-order valence-electron chi connectivity index (χ4n) is 2.89. The summed E-state index contributed by atoms with van der Waals surface area (Å²) in [6.45, 7) is 7.25. The molecule has 0 bridgehead atoms. The van der Waals surface area contributed by atoms with Gasteiger partial charge in [0.15, 0.2) is 0 Å². The molecular weight excluding hydrogens is 443 g/mol. The SMILES string of the molecule is CC(C)(C)C(c1ccc(I)cc1)c1ccc(OCc2nccs2)cn1. The van der Waals surface area contributed by atoms with Gasteiger partial charge in [-0.15, -0.1) is 11.3 Å². The lowest BCUT2D eigenvalue weighted by atomic mass is 9.74. The normalized spacial score (nSPS) is 12.8. The maximum atomic E-state index is 5.78. The van der Waals surface area contributed by atoms with Gasteiger partial charge in [0.2, 0.25) is 0 Å². The molecule has 25 heavy (non-hydrogen) atoms. The number of benzene rings is 1. The summed E-state index contributed by atoms with van der Waals surface area (Å²) < 4.78 is 7.02. The maximum Gasteiger partial charge on any atom is 0.140 e. The molecule has 3 rings (SSSR count). The lowest BCUT2D eigenvalue weighted by molar-refractivity contribution is 0.303. The highest BCUT2D eigenvalue weighted by molar-refractivity contribution is 14.1. The highest BCUT2D eigenvalue weighted by Crippen LogP contribution is 2.40. The Hall–Kier alpha value is -1.47.